The summed E-state index contributed by atoms with van der Waals surface area (Å²) in [7, 11) is 0. The maximum absolute atomic E-state index is 12.9. The van der Waals surface area contributed by atoms with Gasteiger partial charge in [0.25, 0.3) is 0 Å². The summed E-state index contributed by atoms with van der Waals surface area (Å²) in [6, 6.07) is 7.96. The number of aromatic nitrogens is 1. The Morgan fingerprint density at radius 2 is 2.16 bits per heavy atom. The molecule has 0 aliphatic carbocycles. The van der Waals surface area contributed by atoms with Crippen molar-refractivity contribution in [2.24, 2.45) is 4.99 Å². The van der Waals surface area contributed by atoms with E-state index in [1.807, 2.05) is 0 Å². The first kappa shape index (κ1) is 12.8. The second kappa shape index (κ2) is 5.34. The average molecular weight is 261 g/mol. The average Bonchev–Trinajstić information content (AvgIpc) is 2.34. The van der Waals surface area contributed by atoms with Crippen LogP contribution < -0.4 is 10.7 Å². The number of urea groups is 1. The number of anilines is 1. The number of carbonyl (C=O) groups excluding carboxylic acids is 1. The molecule has 0 bridgehead atoms. The van der Waals surface area contributed by atoms with E-state index in [1.54, 1.807) is 19.1 Å². The first-order valence-electron chi connectivity index (χ1n) is 5.54. The van der Waals surface area contributed by atoms with Crippen molar-refractivity contribution < 1.29 is 14.4 Å². The Labute approximate surface area is 108 Å². The van der Waals surface area contributed by atoms with Crippen molar-refractivity contribution in [3.63, 3.8) is 0 Å². The zero-order chi connectivity index (χ0) is 13.8. The SMILES string of the molecule is Cc1c/c(=N/C(=O)Nc2cccc(F)c2)ccn1O. The molecule has 1 aromatic carbocycles. The van der Waals surface area contributed by atoms with Crippen molar-refractivity contribution >= 4 is 11.7 Å². The van der Waals surface area contributed by atoms with Crippen LogP contribution in [0.4, 0.5) is 14.9 Å². The molecule has 6 heteroatoms. The highest BCUT2D eigenvalue weighted by atomic mass is 19.1. The van der Waals surface area contributed by atoms with E-state index >= 15 is 0 Å². The van der Waals surface area contributed by atoms with Crippen LogP contribution in [0, 0.1) is 12.7 Å². The number of hydrogen-bond acceptors (Lipinski definition) is 2. The highest BCUT2D eigenvalue weighted by Crippen LogP contribution is 2.08. The molecule has 1 heterocycles. The molecule has 2 aromatic rings. The van der Waals surface area contributed by atoms with Gasteiger partial charge in [-0.1, -0.05) is 6.07 Å². The Hall–Kier alpha value is -2.63. The monoisotopic (exact) mass is 261 g/mol. The lowest BCUT2D eigenvalue weighted by molar-refractivity contribution is 0.177. The lowest BCUT2D eigenvalue weighted by Crippen LogP contribution is -2.14. The molecule has 2 amide bonds. The van der Waals surface area contributed by atoms with E-state index in [4.69, 9.17) is 0 Å². The number of halogens is 1. The molecule has 0 saturated carbocycles. The van der Waals surface area contributed by atoms with Crippen LogP contribution in [0.1, 0.15) is 5.69 Å². The smallest absolute Gasteiger partial charge is 0.345 e. The maximum atomic E-state index is 12.9. The summed E-state index contributed by atoms with van der Waals surface area (Å²) < 4.78 is 13.8. The standard InChI is InChI=1S/C13H12FN3O2/c1-9-7-12(5-6-17(9)19)16-13(18)15-11-4-2-3-10(14)8-11/h2-8,19H,1H3,(H,15,18)/b16-12+. The molecule has 19 heavy (non-hydrogen) atoms. The van der Waals surface area contributed by atoms with E-state index in [-0.39, 0.29) is 0 Å². The van der Waals surface area contributed by atoms with Crippen molar-refractivity contribution in [1.82, 2.24) is 4.73 Å². The molecule has 0 aliphatic heterocycles. The molecule has 0 radical (unpaired) electrons. The van der Waals surface area contributed by atoms with E-state index < -0.39 is 11.8 Å². The minimum absolute atomic E-state index is 0.332. The van der Waals surface area contributed by atoms with Gasteiger partial charge in [-0.15, -0.1) is 0 Å². The Bertz CT molecular complexity index is 680. The Morgan fingerprint density at radius 3 is 2.84 bits per heavy atom. The van der Waals surface area contributed by atoms with Crippen molar-refractivity contribution in [1.29, 1.82) is 0 Å². The minimum atomic E-state index is -0.610. The number of benzene rings is 1. The van der Waals surface area contributed by atoms with E-state index in [9.17, 15) is 14.4 Å². The number of hydrogen-bond donors (Lipinski definition) is 2. The van der Waals surface area contributed by atoms with Crippen LogP contribution in [0.5, 0.6) is 0 Å². The van der Waals surface area contributed by atoms with Gasteiger partial charge >= 0.3 is 6.03 Å². The van der Waals surface area contributed by atoms with Crippen molar-refractivity contribution in [3.05, 3.63) is 59.5 Å². The predicted octanol–water partition coefficient (Wildman–Crippen LogP) is 2.31. The van der Waals surface area contributed by atoms with Crippen LogP contribution in [0.25, 0.3) is 0 Å². The van der Waals surface area contributed by atoms with Gasteiger partial charge in [0.2, 0.25) is 0 Å². The summed E-state index contributed by atoms with van der Waals surface area (Å²) in [6.07, 6.45) is 1.38. The van der Waals surface area contributed by atoms with Crippen molar-refractivity contribution in [3.8, 4) is 0 Å². The molecule has 0 unspecified atom stereocenters. The molecule has 0 spiro atoms. The van der Waals surface area contributed by atoms with Gasteiger partial charge < -0.3 is 10.5 Å². The number of rotatable bonds is 1. The Kier molecular flexibility index (Phi) is 3.61. The first-order valence-corrected chi connectivity index (χ1v) is 5.54. The van der Waals surface area contributed by atoms with Gasteiger partial charge in [-0.2, -0.15) is 9.72 Å². The fraction of sp³-hybridized carbons (Fsp3) is 0.0769. The third-order valence-electron chi connectivity index (χ3n) is 2.41. The molecule has 5 nitrogen and oxygen atoms in total. The maximum Gasteiger partial charge on any atom is 0.345 e. The van der Waals surface area contributed by atoms with Crippen LogP contribution in [0.15, 0.2) is 47.6 Å². The molecule has 2 rings (SSSR count). The normalized spacial score (nSPS) is 11.4. The second-order valence-corrected chi connectivity index (χ2v) is 3.92. The van der Waals surface area contributed by atoms with Crippen LogP contribution in [0.3, 0.4) is 0 Å². The van der Waals surface area contributed by atoms with Crippen molar-refractivity contribution in [2.75, 3.05) is 5.32 Å². The molecule has 98 valence electrons. The molecule has 1 aromatic heterocycles. The van der Waals surface area contributed by atoms with Gasteiger partial charge in [0.1, 0.15) is 5.82 Å². The highest BCUT2D eigenvalue weighted by molar-refractivity contribution is 5.89. The van der Waals surface area contributed by atoms with E-state index in [0.717, 1.165) is 4.73 Å². The number of carbonyl (C=O) groups is 1. The minimum Gasteiger partial charge on any atom is -0.429 e. The summed E-state index contributed by atoms with van der Waals surface area (Å²) in [5, 5.41) is 12.1. The third kappa shape index (κ3) is 3.41. The molecule has 2 N–H and O–H groups in total. The Morgan fingerprint density at radius 1 is 1.37 bits per heavy atom. The second-order valence-electron chi connectivity index (χ2n) is 3.92. The zero-order valence-corrected chi connectivity index (χ0v) is 10.2. The summed E-state index contributed by atoms with van der Waals surface area (Å²) in [4.78, 5) is 15.4. The fourth-order valence-corrected chi connectivity index (χ4v) is 1.50. The molecule has 0 aliphatic rings. The lowest BCUT2D eigenvalue weighted by atomic mass is 10.3. The number of nitrogens with zero attached hydrogens (tertiary/aromatic N) is 2. The number of amides is 2. The lowest BCUT2D eigenvalue weighted by Gasteiger charge is -2.02. The Balaban J connectivity index is 2.19. The fourth-order valence-electron chi connectivity index (χ4n) is 1.50. The van der Waals surface area contributed by atoms with Crippen LogP contribution in [-0.4, -0.2) is 16.0 Å². The zero-order valence-electron chi connectivity index (χ0n) is 10.2. The van der Waals surface area contributed by atoms with Crippen LogP contribution in [0.2, 0.25) is 0 Å². The summed E-state index contributed by atoms with van der Waals surface area (Å²) in [6.45, 7) is 1.67. The predicted molar refractivity (Wildman–Crippen MR) is 67.3 cm³/mol. The number of aryl methyl sites for hydroxylation is 1. The number of pyridine rings is 1. The molecule has 0 saturated heterocycles. The summed E-state index contributed by atoms with van der Waals surface area (Å²) >= 11 is 0. The number of nitrogens with one attached hydrogen (secondary N) is 1. The van der Waals surface area contributed by atoms with Gasteiger partial charge in [-0.25, -0.2) is 9.18 Å². The quantitative estimate of drug-likeness (QED) is 0.773. The van der Waals surface area contributed by atoms with Gasteiger partial charge in [-0.3, -0.25) is 0 Å². The third-order valence-corrected chi connectivity index (χ3v) is 2.41. The topological polar surface area (TPSA) is 66.6 Å². The highest BCUT2D eigenvalue weighted by Gasteiger charge is 2.00. The van der Waals surface area contributed by atoms with E-state index in [2.05, 4.69) is 10.3 Å². The van der Waals surface area contributed by atoms with E-state index in [1.165, 1.54) is 30.5 Å². The van der Waals surface area contributed by atoms with Crippen LogP contribution >= 0.6 is 0 Å². The molecule has 0 atom stereocenters. The molecular formula is C13H12FN3O2. The van der Waals surface area contributed by atoms with E-state index in [0.29, 0.717) is 16.7 Å². The summed E-state index contributed by atoms with van der Waals surface area (Å²) in [5.74, 6) is -0.435. The molecule has 0 fully saturated rings. The van der Waals surface area contributed by atoms with Gasteiger partial charge in [0, 0.05) is 11.9 Å². The van der Waals surface area contributed by atoms with Crippen molar-refractivity contribution in [2.45, 2.75) is 6.92 Å². The first-order chi connectivity index (χ1) is 9.04. The largest absolute Gasteiger partial charge is 0.429 e. The molecular weight excluding hydrogens is 249 g/mol. The van der Waals surface area contributed by atoms with Gasteiger partial charge in [0.05, 0.1) is 11.1 Å². The summed E-state index contributed by atoms with van der Waals surface area (Å²) in [5.41, 5.74) is 0.874. The van der Waals surface area contributed by atoms with Gasteiger partial charge in [0.15, 0.2) is 0 Å². The van der Waals surface area contributed by atoms with Crippen LogP contribution in [-0.2, 0) is 0 Å². The van der Waals surface area contributed by atoms with Gasteiger partial charge in [-0.05, 0) is 37.3 Å².